The van der Waals surface area contributed by atoms with Crippen LogP contribution >= 0.6 is 11.6 Å². The molecule has 0 spiro atoms. The van der Waals surface area contributed by atoms with E-state index in [4.69, 9.17) is 11.6 Å². The van der Waals surface area contributed by atoms with Crippen molar-refractivity contribution in [1.29, 1.82) is 0 Å². The number of nitrogens with zero attached hydrogens (tertiary/aromatic N) is 3. The zero-order chi connectivity index (χ0) is 13.3. The van der Waals surface area contributed by atoms with Gasteiger partial charge in [-0.15, -0.1) is 0 Å². The molecule has 0 amide bonds. The molecule has 2 rings (SSSR count). The Hall–Kier alpha value is -1.48. The quantitative estimate of drug-likeness (QED) is 0.733. The molecule has 94 valence electrons. The van der Waals surface area contributed by atoms with Crippen LogP contribution in [0.4, 0.5) is 0 Å². The van der Waals surface area contributed by atoms with Gasteiger partial charge in [0.25, 0.3) is 0 Å². The van der Waals surface area contributed by atoms with Crippen LogP contribution < -0.4 is 0 Å². The Kier molecular flexibility index (Phi) is 3.35. The highest BCUT2D eigenvalue weighted by molar-refractivity contribution is 6.29. The molecule has 2 heterocycles. The van der Waals surface area contributed by atoms with E-state index < -0.39 is 0 Å². The highest BCUT2D eigenvalue weighted by atomic mass is 35.5. The number of rotatable bonds is 1. The average Bonchev–Trinajstić information content (AvgIpc) is 2.27. The molecule has 2 aromatic rings. The molecule has 0 aromatic carbocycles. The topological polar surface area (TPSA) is 38.7 Å². The first-order chi connectivity index (χ1) is 8.36. The summed E-state index contributed by atoms with van der Waals surface area (Å²) < 4.78 is 0. The minimum Gasteiger partial charge on any atom is -0.250 e. The van der Waals surface area contributed by atoms with Gasteiger partial charge in [0.15, 0.2) is 5.82 Å². The number of aromatic nitrogens is 3. The zero-order valence-electron chi connectivity index (χ0n) is 11.0. The summed E-state index contributed by atoms with van der Waals surface area (Å²) in [6.45, 7) is 8.23. The van der Waals surface area contributed by atoms with Crippen molar-refractivity contribution in [3.8, 4) is 11.5 Å². The molecule has 0 radical (unpaired) electrons. The van der Waals surface area contributed by atoms with Crippen LogP contribution in [-0.2, 0) is 5.41 Å². The number of pyridine rings is 1. The fourth-order valence-corrected chi connectivity index (χ4v) is 1.77. The third-order valence-corrected chi connectivity index (χ3v) is 2.77. The van der Waals surface area contributed by atoms with Crippen LogP contribution in [0.25, 0.3) is 11.5 Å². The third-order valence-electron chi connectivity index (χ3n) is 2.58. The van der Waals surface area contributed by atoms with Gasteiger partial charge in [0.1, 0.15) is 10.8 Å². The Morgan fingerprint density at radius 1 is 1.06 bits per heavy atom. The smallest absolute Gasteiger partial charge is 0.179 e. The maximum atomic E-state index is 6.07. The summed E-state index contributed by atoms with van der Waals surface area (Å²) in [4.78, 5) is 13.2. The summed E-state index contributed by atoms with van der Waals surface area (Å²) in [5.74, 6) is 0.580. The zero-order valence-corrected chi connectivity index (χ0v) is 11.8. The molecular formula is C14H16ClN3. The number of hydrogen-bond acceptors (Lipinski definition) is 3. The lowest BCUT2D eigenvalue weighted by Crippen LogP contribution is -2.14. The second-order valence-corrected chi connectivity index (χ2v) is 5.70. The fraction of sp³-hybridized carbons (Fsp3) is 0.357. The molecule has 0 saturated carbocycles. The van der Waals surface area contributed by atoms with Crippen molar-refractivity contribution in [3.05, 3.63) is 40.8 Å². The molecule has 3 nitrogen and oxygen atoms in total. The summed E-state index contributed by atoms with van der Waals surface area (Å²) in [6, 6.07) is 7.59. The fourth-order valence-electron chi connectivity index (χ4n) is 1.58. The van der Waals surface area contributed by atoms with Gasteiger partial charge >= 0.3 is 0 Å². The maximum Gasteiger partial charge on any atom is 0.179 e. The van der Waals surface area contributed by atoms with Crippen LogP contribution in [0.3, 0.4) is 0 Å². The third kappa shape index (κ3) is 2.85. The van der Waals surface area contributed by atoms with Gasteiger partial charge in [-0.05, 0) is 25.1 Å². The number of halogens is 1. The van der Waals surface area contributed by atoms with E-state index >= 15 is 0 Å². The van der Waals surface area contributed by atoms with Gasteiger partial charge in [0, 0.05) is 11.1 Å². The minimum absolute atomic E-state index is 0.0643. The summed E-state index contributed by atoms with van der Waals surface area (Å²) in [5.41, 5.74) is 2.54. The molecule has 0 aliphatic rings. The standard InChI is InChI=1S/C14H16ClN3/c1-9-6-5-7-10(16-9)13-17-11(14(2,3)4)8-12(15)18-13/h5-8H,1-4H3. The largest absolute Gasteiger partial charge is 0.250 e. The van der Waals surface area contributed by atoms with E-state index in [2.05, 4.69) is 35.7 Å². The van der Waals surface area contributed by atoms with E-state index in [9.17, 15) is 0 Å². The van der Waals surface area contributed by atoms with E-state index in [0.717, 1.165) is 17.1 Å². The predicted molar refractivity (Wildman–Crippen MR) is 73.7 cm³/mol. The highest BCUT2D eigenvalue weighted by Gasteiger charge is 2.18. The van der Waals surface area contributed by atoms with Crippen LogP contribution in [0.5, 0.6) is 0 Å². The van der Waals surface area contributed by atoms with Crippen molar-refractivity contribution in [2.45, 2.75) is 33.1 Å². The molecule has 0 aliphatic heterocycles. The monoisotopic (exact) mass is 261 g/mol. The lowest BCUT2D eigenvalue weighted by molar-refractivity contribution is 0.567. The Labute approximate surface area is 112 Å². The number of aryl methyl sites for hydroxylation is 1. The Bertz CT molecular complexity index is 573. The van der Waals surface area contributed by atoms with Crippen LogP contribution in [0.2, 0.25) is 5.15 Å². The van der Waals surface area contributed by atoms with Crippen LogP contribution in [0, 0.1) is 6.92 Å². The SMILES string of the molecule is Cc1cccc(-c2nc(Cl)cc(C(C)(C)C)n2)n1. The molecule has 0 N–H and O–H groups in total. The van der Waals surface area contributed by atoms with Gasteiger partial charge in [0.05, 0.1) is 5.69 Å². The first kappa shape index (κ1) is 13.0. The lowest BCUT2D eigenvalue weighted by atomic mass is 9.92. The van der Waals surface area contributed by atoms with Gasteiger partial charge in [0.2, 0.25) is 0 Å². The molecule has 0 aliphatic carbocycles. The Balaban J connectivity index is 2.55. The van der Waals surface area contributed by atoms with Gasteiger partial charge in [-0.25, -0.2) is 15.0 Å². The minimum atomic E-state index is -0.0643. The molecule has 0 unspecified atom stereocenters. The van der Waals surface area contributed by atoms with Gasteiger partial charge in [-0.3, -0.25) is 0 Å². The van der Waals surface area contributed by atoms with Crippen molar-refractivity contribution in [1.82, 2.24) is 15.0 Å². The molecule has 0 fully saturated rings. The maximum absolute atomic E-state index is 6.07. The van der Waals surface area contributed by atoms with Crippen molar-refractivity contribution < 1.29 is 0 Å². The second kappa shape index (κ2) is 4.65. The summed E-state index contributed by atoms with van der Waals surface area (Å²) in [6.07, 6.45) is 0. The highest BCUT2D eigenvalue weighted by Crippen LogP contribution is 2.25. The van der Waals surface area contributed by atoms with E-state index in [1.54, 1.807) is 6.07 Å². The molecule has 4 heteroatoms. The normalized spacial score (nSPS) is 11.6. The van der Waals surface area contributed by atoms with Crippen molar-refractivity contribution in [3.63, 3.8) is 0 Å². The van der Waals surface area contributed by atoms with Gasteiger partial charge < -0.3 is 0 Å². The first-order valence-electron chi connectivity index (χ1n) is 5.85. The summed E-state index contributed by atoms with van der Waals surface area (Å²) in [5, 5.41) is 0.452. The molecule has 0 bridgehead atoms. The Morgan fingerprint density at radius 2 is 1.78 bits per heavy atom. The van der Waals surface area contributed by atoms with E-state index in [-0.39, 0.29) is 5.41 Å². The van der Waals surface area contributed by atoms with E-state index in [1.165, 1.54) is 0 Å². The summed E-state index contributed by atoms with van der Waals surface area (Å²) in [7, 11) is 0. The summed E-state index contributed by atoms with van der Waals surface area (Å²) >= 11 is 6.07. The van der Waals surface area contributed by atoms with Crippen molar-refractivity contribution in [2.75, 3.05) is 0 Å². The van der Waals surface area contributed by atoms with Crippen LogP contribution in [0.15, 0.2) is 24.3 Å². The van der Waals surface area contributed by atoms with Gasteiger partial charge in [-0.1, -0.05) is 38.4 Å². The van der Waals surface area contributed by atoms with Crippen molar-refractivity contribution >= 4 is 11.6 Å². The van der Waals surface area contributed by atoms with Gasteiger partial charge in [-0.2, -0.15) is 0 Å². The molecule has 0 atom stereocenters. The molecular weight excluding hydrogens is 246 g/mol. The lowest BCUT2D eigenvalue weighted by Gasteiger charge is -2.18. The molecule has 2 aromatic heterocycles. The van der Waals surface area contributed by atoms with Crippen LogP contribution in [-0.4, -0.2) is 15.0 Å². The first-order valence-corrected chi connectivity index (χ1v) is 6.23. The number of hydrogen-bond donors (Lipinski definition) is 0. The second-order valence-electron chi connectivity index (χ2n) is 5.31. The average molecular weight is 262 g/mol. The van der Waals surface area contributed by atoms with E-state index in [0.29, 0.717) is 11.0 Å². The molecule has 0 saturated heterocycles. The Morgan fingerprint density at radius 3 is 2.39 bits per heavy atom. The van der Waals surface area contributed by atoms with Crippen molar-refractivity contribution in [2.24, 2.45) is 0 Å². The predicted octanol–water partition coefficient (Wildman–Crippen LogP) is 3.80. The van der Waals surface area contributed by atoms with E-state index in [1.807, 2.05) is 25.1 Å². The van der Waals surface area contributed by atoms with Crippen LogP contribution in [0.1, 0.15) is 32.2 Å². The molecule has 18 heavy (non-hydrogen) atoms.